The molecule has 1 aromatic heterocycles. The van der Waals surface area contributed by atoms with Gasteiger partial charge < -0.3 is 30.3 Å². The van der Waals surface area contributed by atoms with Crippen LogP contribution in [0, 0.1) is 13.8 Å². The van der Waals surface area contributed by atoms with E-state index in [9.17, 15) is 14.7 Å². The van der Waals surface area contributed by atoms with E-state index in [0.717, 1.165) is 5.56 Å². The number of urea groups is 1. The van der Waals surface area contributed by atoms with Crippen LogP contribution in [0.1, 0.15) is 23.4 Å². The zero-order valence-corrected chi connectivity index (χ0v) is 19.0. The third-order valence-electron chi connectivity index (χ3n) is 4.89. The number of carbonyl (C=O) groups is 2. The lowest BCUT2D eigenvalue weighted by atomic mass is 10.0. The van der Waals surface area contributed by atoms with Gasteiger partial charge in [0.2, 0.25) is 5.91 Å². The highest BCUT2D eigenvalue weighted by Crippen LogP contribution is 2.23. The molecule has 0 fully saturated rings. The molecule has 3 amide bonds. The Hall–Kier alpha value is -2.59. The second-order valence-electron chi connectivity index (χ2n) is 7.33. The average Bonchev–Trinajstić information content (AvgIpc) is 3.07. The second-order valence-corrected chi connectivity index (χ2v) is 8.15. The Balaban J connectivity index is 1.51. The summed E-state index contributed by atoms with van der Waals surface area (Å²) in [4.78, 5) is 24.6. The number of benzene rings is 1. The summed E-state index contributed by atoms with van der Waals surface area (Å²) in [6, 6.07) is 4.06. The summed E-state index contributed by atoms with van der Waals surface area (Å²) in [5.74, 6) is 0.253. The van der Waals surface area contributed by atoms with Gasteiger partial charge >= 0.3 is 6.03 Å². The highest BCUT2D eigenvalue weighted by Gasteiger charge is 2.29. The fraction of sp³-hybridized carbons (Fsp3) is 0.381. The number of halogens is 2. The van der Waals surface area contributed by atoms with Gasteiger partial charge in [-0.2, -0.15) is 0 Å². The van der Waals surface area contributed by atoms with Gasteiger partial charge in [-0.15, -0.1) is 0 Å². The molecule has 32 heavy (non-hydrogen) atoms. The van der Waals surface area contributed by atoms with E-state index in [1.807, 2.05) is 0 Å². The van der Waals surface area contributed by atoms with Crippen LogP contribution in [0.4, 0.5) is 10.5 Å². The molecule has 11 heteroatoms. The number of ether oxygens (including phenoxy) is 1. The maximum absolute atomic E-state index is 12.3. The fourth-order valence-corrected chi connectivity index (χ4v) is 3.52. The number of aliphatic hydroxyl groups is 1. The zero-order valence-electron chi connectivity index (χ0n) is 17.5. The molecule has 0 bridgehead atoms. The van der Waals surface area contributed by atoms with Crippen LogP contribution in [0.2, 0.25) is 10.0 Å². The van der Waals surface area contributed by atoms with Crippen molar-refractivity contribution >= 4 is 40.8 Å². The van der Waals surface area contributed by atoms with Crippen molar-refractivity contribution in [2.45, 2.75) is 45.1 Å². The molecular weight excluding hydrogens is 459 g/mol. The Morgan fingerprint density at radius 1 is 1.19 bits per heavy atom. The van der Waals surface area contributed by atoms with E-state index >= 15 is 0 Å². The third kappa shape index (κ3) is 6.23. The van der Waals surface area contributed by atoms with E-state index in [1.165, 1.54) is 0 Å². The summed E-state index contributed by atoms with van der Waals surface area (Å²) in [6.45, 7) is 3.36. The van der Waals surface area contributed by atoms with Crippen molar-refractivity contribution in [1.82, 2.24) is 15.8 Å². The SMILES string of the molecule is Cc1noc(C)c1NC(=O)N[C@@H]1C=C[C@H](CC(=O)NCc2ccc(Cl)c(Cl)c2)O[C@@H]1CO. The Morgan fingerprint density at radius 3 is 2.62 bits per heavy atom. The number of hydrogen-bond donors (Lipinski definition) is 4. The number of rotatable bonds is 7. The molecule has 3 rings (SSSR count). The van der Waals surface area contributed by atoms with E-state index in [2.05, 4.69) is 21.1 Å². The maximum atomic E-state index is 12.3. The van der Waals surface area contributed by atoms with Crippen LogP contribution < -0.4 is 16.0 Å². The molecule has 0 saturated heterocycles. The molecule has 0 unspecified atom stereocenters. The van der Waals surface area contributed by atoms with Crippen LogP contribution in [0.25, 0.3) is 0 Å². The van der Waals surface area contributed by atoms with Crippen molar-refractivity contribution in [3.8, 4) is 0 Å². The lowest BCUT2D eigenvalue weighted by molar-refractivity contribution is -0.125. The van der Waals surface area contributed by atoms with E-state index in [0.29, 0.717) is 33.7 Å². The molecule has 2 heterocycles. The highest BCUT2D eigenvalue weighted by molar-refractivity contribution is 6.42. The Kier molecular flexibility index (Phi) is 8.14. The maximum Gasteiger partial charge on any atom is 0.319 e. The lowest BCUT2D eigenvalue weighted by Gasteiger charge is -2.31. The molecule has 2 aromatic rings. The lowest BCUT2D eigenvalue weighted by Crippen LogP contribution is -2.50. The molecule has 3 atom stereocenters. The number of carbonyl (C=O) groups excluding carboxylic acids is 2. The largest absolute Gasteiger partial charge is 0.394 e. The molecular formula is C21H24Cl2N4O5. The minimum absolute atomic E-state index is 0.0618. The van der Waals surface area contributed by atoms with Gasteiger partial charge in [0.15, 0.2) is 5.76 Å². The van der Waals surface area contributed by atoms with Crippen LogP contribution in [0.5, 0.6) is 0 Å². The molecule has 0 spiro atoms. The summed E-state index contributed by atoms with van der Waals surface area (Å²) < 4.78 is 10.8. The van der Waals surface area contributed by atoms with Gasteiger partial charge in [0.05, 0.1) is 35.2 Å². The third-order valence-corrected chi connectivity index (χ3v) is 5.63. The van der Waals surface area contributed by atoms with Gasteiger partial charge in [0.1, 0.15) is 17.5 Å². The predicted octanol–water partition coefficient (Wildman–Crippen LogP) is 3.11. The van der Waals surface area contributed by atoms with E-state index in [4.69, 9.17) is 32.5 Å². The number of aromatic nitrogens is 1. The second kappa shape index (κ2) is 10.8. The van der Waals surface area contributed by atoms with Crippen LogP contribution >= 0.6 is 23.2 Å². The van der Waals surface area contributed by atoms with Crippen molar-refractivity contribution in [3.05, 3.63) is 57.4 Å². The Bertz CT molecular complexity index is 991. The van der Waals surface area contributed by atoms with Crippen LogP contribution in [-0.2, 0) is 16.1 Å². The van der Waals surface area contributed by atoms with Gasteiger partial charge in [-0.25, -0.2) is 4.79 Å². The molecule has 0 radical (unpaired) electrons. The number of nitrogens with one attached hydrogen (secondary N) is 3. The van der Waals surface area contributed by atoms with Gasteiger partial charge in [-0.3, -0.25) is 4.79 Å². The molecule has 1 aliphatic heterocycles. The van der Waals surface area contributed by atoms with Crippen molar-refractivity contribution < 1.29 is 24.0 Å². The molecule has 0 aliphatic carbocycles. The van der Waals surface area contributed by atoms with E-state index < -0.39 is 24.3 Å². The minimum Gasteiger partial charge on any atom is -0.394 e. The predicted molar refractivity (Wildman–Crippen MR) is 120 cm³/mol. The van der Waals surface area contributed by atoms with Crippen molar-refractivity contribution in [3.63, 3.8) is 0 Å². The van der Waals surface area contributed by atoms with E-state index in [1.54, 1.807) is 44.2 Å². The Labute approximate surface area is 195 Å². The minimum atomic E-state index is -0.705. The Morgan fingerprint density at radius 2 is 1.97 bits per heavy atom. The first-order valence-corrected chi connectivity index (χ1v) is 10.7. The molecule has 0 saturated carbocycles. The van der Waals surface area contributed by atoms with Crippen molar-refractivity contribution in [2.24, 2.45) is 0 Å². The summed E-state index contributed by atoms with van der Waals surface area (Å²) in [6.07, 6.45) is 2.21. The van der Waals surface area contributed by atoms with Crippen LogP contribution in [0.15, 0.2) is 34.9 Å². The normalized spacial score (nSPS) is 20.1. The van der Waals surface area contributed by atoms with E-state index in [-0.39, 0.29) is 18.9 Å². The molecule has 1 aliphatic rings. The van der Waals surface area contributed by atoms with Crippen LogP contribution in [0.3, 0.4) is 0 Å². The van der Waals surface area contributed by atoms with Gasteiger partial charge in [-0.05, 0) is 31.5 Å². The first kappa shape index (κ1) is 24.1. The molecule has 172 valence electrons. The zero-order chi connectivity index (χ0) is 23.3. The standard InChI is InChI=1S/C21H24Cl2N4O5/c1-11-20(12(2)32-27-11)26-21(30)25-17-6-4-14(31-18(17)10-28)8-19(29)24-9-13-3-5-15(22)16(23)7-13/h3-7,14,17-18,28H,8-10H2,1-2H3,(H,24,29)(H2,25,26,30)/t14-,17-,18-/m1/s1. The number of nitrogens with zero attached hydrogens (tertiary/aromatic N) is 1. The summed E-state index contributed by atoms with van der Waals surface area (Å²) in [7, 11) is 0. The summed E-state index contributed by atoms with van der Waals surface area (Å²) >= 11 is 11.9. The smallest absolute Gasteiger partial charge is 0.319 e. The number of hydrogen-bond acceptors (Lipinski definition) is 6. The fourth-order valence-electron chi connectivity index (χ4n) is 3.20. The number of anilines is 1. The molecule has 4 N–H and O–H groups in total. The highest BCUT2D eigenvalue weighted by atomic mass is 35.5. The topological polar surface area (TPSA) is 126 Å². The van der Waals surface area contributed by atoms with Crippen molar-refractivity contribution in [2.75, 3.05) is 11.9 Å². The monoisotopic (exact) mass is 482 g/mol. The molecule has 9 nitrogen and oxygen atoms in total. The first-order chi connectivity index (χ1) is 15.3. The van der Waals surface area contributed by atoms with Gasteiger partial charge in [0, 0.05) is 6.54 Å². The van der Waals surface area contributed by atoms with Gasteiger partial charge in [0.25, 0.3) is 0 Å². The number of aryl methyl sites for hydroxylation is 2. The van der Waals surface area contributed by atoms with Crippen molar-refractivity contribution in [1.29, 1.82) is 0 Å². The van der Waals surface area contributed by atoms with Crippen LogP contribution in [-0.4, -0.2) is 47.1 Å². The molecule has 1 aromatic carbocycles. The first-order valence-electron chi connectivity index (χ1n) is 9.92. The quantitative estimate of drug-likeness (QED) is 0.449. The average molecular weight is 483 g/mol. The summed E-state index contributed by atoms with van der Waals surface area (Å²) in [5.41, 5.74) is 1.86. The number of aliphatic hydroxyl groups excluding tert-OH is 1. The van der Waals surface area contributed by atoms with Gasteiger partial charge in [-0.1, -0.05) is 46.6 Å². The number of amides is 3. The summed E-state index contributed by atoms with van der Waals surface area (Å²) in [5, 5.41) is 22.5.